The number of imidazole rings is 1. The van der Waals surface area contributed by atoms with Gasteiger partial charge in [-0.2, -0.15) is 11.8 Å². The monoisotopic (exact) mass is 1280 g/mol. The lowest BCUT2D eigenvalue weighted by molar-refractivity contribution is -0.151. The molecular formula is C65H101N9O13S2. The average Bonchev–Trinajstić information content (AvgIpc) is 1.66. The van der Waals surface area contributed by atoms with Crippen molar-refractivity contribution in [3.8, 4) is 0 Å². The van der Waals surface area contributed by atoms with Gasteiger partial charge in [-0.15, -0.1) is 0 Å². The predicted molar refractivity (Wildman–Crippen MR) is 352 cm³/mol. The molecule has 2 aromatic carbocycles. The Morgan fingerprint density at radius 3 is 1.90 bits per heavy atom. The normalized spacial score (nSPS) is 12.3. The molecule has 496 valence electrons. The van der Waals surface area contributed by atoms with Gasteiger partial charge in [0.2, 0.25) is 17.7 Å². The number of carbonyl (C=O) groups excluding carboxylic acids is 6. The smallest absolute Gasteiger partial charge is 0.330 e. The van der Waals surface area contributed by atoms with E-state index in [9.17, 15) is 33.9 Å². The second kappa shape index (κ2) is 46.8. The Hall–Kier alpha value is -6.18. The van der Waals surface area contributed by atoms with E-state index < -0.39 is 36.7 Å². The van der Waals surface area contributed by atoms with Crippen LogP contribution in [0, 0.1) is 0 Å². The number of ether oxygens (including phenoxy) is 6. The zero-order valence-corrected chi connectivity index (χ0v) is 54.6. The van der Waals surface area contributed by atoms with Gasteiger partial charge in [0.05, 0.1) is 51.2 Å². The van der Waals surface area contributed by atoms with Crippen LogP contribution in [0.4, 0.5) is 5.82 Å². The zero-order valence-electron chi connectivity index (χ0n) is 53.0. The number of aromatic nitrogens is 3. The minimum absolute atomic E-state index is 0.109. The van der Waals surface area contributed by atoms with Crippen molar-refractivity contribution in [3.63, 3.8) is 0 Å². The lowest BCUT2D eigenvalue weighted by Crippen LogP contribution is -2.55. The summed E-state index contributed by atoms with van der Waals surface area (Å²) in [4.78, 5) is 83.8. The number of esters is 2. The molecule has 89 heavy (non-hydrogen) atoms. The molecule has 0 fully saturated rings. The molecule has 0 aliphatic heterocycles. The van der Waals surface area contributed by atoms with Gasteiger partial charge >= 0.3 is 11.9 Å². The summed E-state index contributed by atoms with van der Waals surface area (Å²) in [6, 6.07) is 13.9. The third-order valence-electron chi connectivity index (χ3n) is 14.7. The summed E-state index contributed by atoms with van der Waals surface area (Å²) in [5, 5.41) is 25.2. The van der Waals surface area contributed by atoms with Crippen molar-refractivity contribution >= 4 is 93.0 Å². The molecule has 0 saturated heterocycles. The van der Waals surface area contributed by atoms with E-state index in [4.69, 9.17) is 51.4 Å². The summed E-state index contributed by atoms with van der Waals surface area (Å²) < 4.78 is 34.5. The third kappa shape index (κ3) is 31.4. The number of rotatable bonds is 52. The molecule has 0 spiro atoms. The van der Waals surface area contributed by atoms with Gasteiger partial charge in [-0.3, -0.25) is 24.0 Å². The fraction of sp³-hybridized carbons (Fsp3) is 0.646. The van der Waals surface area contributed by atoms with E-state index in [1.807, 2.05) is 30.3 Å². The molecule has 1 unspecified atom stereocenters. The molecule has 22 nitrogen and oxygen atoms in total. The maximum absolute atomic E-state index is 13.3. The summed E-state index contributed by atoms with van der Waals surface area (Å²) in [5.74, 6) is -0.313. The van der Waals surface area contributed by atoms with Gasteiger partial charge < -0.3 is 70.4 Å². The number of methoxy groups -OCH3 is 1. The van der Waals surface area contributed by atoms with Crippen molar-refractivity contribution < 1.29 is 62.3 Å². The quantitative estimate of drug-likeness (QED) is 0.00723. The SMILES string of the molecule is CCCCCCCCCCCCCCCC(=O)OC[C@H](CSCC(NC(=S)NCCCOCCOCCOCCCNC(=O)CCCC(=O)NCc1ccc(Cn2c(CCCC)nc3c(N)nc4ccccc4c32)cc1)C(=O)N[C@@H](CO)C(=O)OC)OC=O. The second-order valence-corrected chi connectivity index (χ2v) is 23.5. The largest absolute Gasteiger partial charge is 0.467 e. The van der Waals surface area contributed by atoms with Gasteiger partial charge in [-0.1, -0.05) is 140 Å². The molecule has 2 aromatic heterocycles. The number of anilines is 1. The first-order chi connectivity index (χ1) is 43.4. The summed E-state index contributed by atoms with van der Waals surface area (Å²) in [6.45, 7) is 8.13. The Morgan fingerprint density at radius 1 is 0.674 bits per heavy atom. The Bertz CT molecular complexity index is 2680. The van der Waals surface area contributed by atoms with Gasteiger partial charge in [0.25, 0.3) is 6.47 Å². The number of carbonyl (C=O) groups is 6. The van der Waals surface area contributed by atoms with Crippen LogP contribution in [-0.2, 0) is 76.7 Å². The number of unbranched alkanes of at least 4 members (excludes halogenated alkanes) is 13. The maximum Gasteiger partial charge on any atom is 0.330 e. The fourth-order valence-electron chi connectivity index (χ4n) is 9.71. The highest BCUT2D eigenvalue weighted by atomic mass is 32.2. The fourth-order valence-corrected chi connectivity index (χ4v) is 11.0. The molecule has 2 heterocycles. The van der Waals surface area contributed by atoms with Crippen LogP contribution in [0.1, 0.15) is 166 Å². The minimum Gasteiger partial charge on any atom is -0.467 e. The van der Waals surface area contributed by atoms with E-state index in [1.54, 1.807) is 0 Å². The van der Waals surface area contributed by atoms with Crippen molar-refractivity contribution in [1.82, 2.24) is 41.1 Å². The van der Waals surface area contributed by atoms with Crippen LogP contribution in [0.25, 0.3) is 21.9 Å². The van der Waals surface area contributed by atoms with Crippen LogP contribution >= 0.6 is 24.0 Å². The van der Waals surface area contributed by atoms with Gasteiger partial charge in [0.15, 0.2) is 17.0 Å². The number of para-hydroxylation sites is 1. The van der Waals surface area contributed by atoms with E-state index in [0.29, 0.717) is 97.4 Å². The molecule has 0 aliphatic carbocycles. The van der Waals surface area contributed by atoms with Gasteiger partial charge in [-0.25, -0.2) is 14.8 Å². The molecule has 0 aliphatic rings. The number of amides is 3. The first kappa shape index (κ1) is 75.3. The summed E-state index contributed by atoms with van der Waals surface area (Å²) in [6.07, 6.45) is 20.2. The van der Waals surface area contributed by atoms with Crippen LogP contribution in [0.3, 0.4) is 0 Å². The molecule has 8 N–H and O–H groups in total. The van der Waals surface area contributed by atoms with Crippen LogP contribution < -0.4 is 32.3 Å². The molecule has 4 rings (SSSR count). The van der Waals surface area contributed by atoms with Gasteiger partial charge in [0.1, 0.15) is 30.1 Å². The molecule has 3 amide bonds. The van der Waals surface area contributed by atoms with Crippen molar-refractivity contribution in [2.45, 2.75) is 186 Å². The number of thiocarbonyl (C=S) groups is 1. The van der Waals surface area contributed by atoms with Crippen LogP contribution in [0.2, 0.25) is 0 Å². The zero-order chi connectivity index (χ0) is 64.1. The second-order valence-electron chi connectivity index (χ2n) is 22.1. The standard InChI is InChI=1S/C65H101N9O13S2/c1-4-6-8-9-10-11-12-13-14-15-16-17-18-29-59(79)86-45-51(87-48-76)46-89-47-55(63(80)71-54(44-75)64(81)82-3)72-65(88)68-35-23-37-84-39-41-85-40-38-83-36-22-34-67-57(77)27-21-28-58(78)69-42-49-30-32-50(33-31-49)43-74-56(26-7-5-2)73-60-61(74)52-24-19-20-25-53(52)70-62(60)66/h19-20,24-25,30-33,48,51,54-55,75H,4-18,21-23,26-29,34-47H2,1-3H3,(H2,66,70)(H,67,77)(H,69,78)(H,71,80)(H2,68,72,88)/t51-,54+,55?/m1/s1. The Morgan fingerprint density at radius 2 is 1.27 bits per heavy atom. The number of thioether (sulfide) groups is 1. The number of benzene rings is 2. The maximum atomic E-state index is 13.3. The van der Waals surface area contributed by atoms with Crippen molar-refractivity contribution in [2.24, 2.45) is 0 Å². The summed E-state index contributed by atoms with van der Waals surface area (Å²) >= 11 is 6.71. The van der Waals surface area contributed by atoms with Gasteiger partial charge in [0, 0.05) is 82.0 Å². The number of hydrogen-bond donors (Lipinski definition) is 7. The number of nitrogens with zero attached hydrogens (tertiary/aromatic N) is 3. The number of aliphatic hydroxyl groups excluding tert-OH is 1. The number of aliphatic hydroxyl groups is 1. The lowest BCUT2D eigenvalue weighted by atomic mass is 10.0. The van der Waals surface area contributed by atoms with E-state index in [2.05, 4.69) is 68.2 Å². The third-order valence-corrected chi connectivity index (χ3v) is 16.2. The first-order valence-corrected chi connectivity index (χ1v) is 33.7. The van der Waals surface area contributed by atoms with E-state index in [1.165, 1.54) is 69.5 Å². The van der Waals surface area contributed by atoms with E-state index >= 15 is 0 Å². The Kier molecular flexibility index (Phi) is 39.6. The number of fused-ring (bicyclic) bond motifs is 3. The number of nitrogens with two attached hydrogens (primary N) is 1. The van der Waals surface area contributed by atoms with E-state index in [-0.39, 0.29) is 60.3 Å². The number of aryl methyl sites for hydroxylation is 1. The highest BCUT2D eigenvalue weighted by Crippen LogP contribution is 2.30. The van der Waals surface area contributed by atoms with Crippen LogP contribution in [-0.4, -0.2) is 164 Å². The highest BCUT2D eigenvalue weighted by Gasteiger charge is 2.27. The molecular weight excluding hydrogens is 1180 g/mol. The number of pyridine rings is 1. The summed E-state index contributed by atoms with van der Waals surface area (Å²) in [5.41, 5.74) is 11.0. The molecule has 0 radical (unpaired) electrons. The molecule has 0 bridgehead atoms. The Labute approximate surface area is 536 Å². The average molecular weight is 1280 g/mol. The summed E-state index contributed by atoms with van der Waals surface area (Å²) in [7, 11) is 1.15. The topological polar surface area (TPSA) is 295 Å². The van der Waals surface area contributed by atoms with Crippen molar-refractivity contribution in [2.75, 3.05) is 90.3 Å². The highest BCUT2D eigenvalue weighted by molar-refractivity contribution is 7.99. The number of nitrogens with one attached hydrogen (secondary N) is 5. The molecule has 24 heteroatoms. The minimum atomic E-state index is -1.30. The molecule has 4 aromatic rings. The number of nitrogen functional groups attached to an aromatic ring is 1. The lowest BCUT2D eigenvalue weighted by Gasteiger charge is -2.23. The molecule has 3 atom stereocenters. The van der Waals surface area contributed by atoms with Gasteiger partial charge in [-0.05, 0) is 61.5 Å². The van der Waals surface area contributed by atoms with Crippen LogP contribution in [0.15, 0.2) is 48.5 Å². The molecule has 0 saturated carbocycles. The Balaban J connectivity index is 0.990. The van der Waals surface area contributed by atoms with Crippen molar-refractivity contribution in [1.29, 1.82) is 0 Å². The first-order valence-electron chi connectivity index (χ1n) is 32.1. The van der Waals surface area contributed by atoms with E-state index in [0.717, 1.165) is 90.9 Å². The number of hydrogen-bond acceptors (Lipinski definition) is 18. The van der Waals surface area contributed by atoms with Crippen molar-refractivity contribution in [3.05, 3.63) is 65.5 Å². The van der Waals surface area contributed by atoms with Crippen LogP contribution in [0.5, 0.6) is 0 Å². The predicted octanol–water partition coefficient (Wildman–Crippen LogP) is 8.07.